The number of carbonyl (C=O) groups is 3. The van der Waals surface area contributed by atoms with E-state index in [9.17, 15) is 14.4 Å². The van der Waals surface area contributed by atoms with Crippen LogP contribution in [0.25, 0.3) is 0 Å². The summed E-state index contributed by atoms with van der Waals surface area (Å²) < 4.78 is 16.9. The van der Waals surface area contributed by atoms with Crippen molar-refractivity contribution in [3.63, 3.8) is 0 Å². The van der Waals surface area contributed by atoms with Crippen LogP contribution in [0.3, 0.4) is 0 Å². The summed E-state index contributed by atoms with van der Waals surface area (Å²) in [6, 6.07) is 0. The Kier molecular flexibility index (Phi) is 65.1. The van der Waals surface area contributed by atoms with Gasteiger partial charge >= 0.3 is 17.9 Å². The third-order valence-corrected chi connectivity index (χ3v) is 15.5. The van der Waals surface area contributed by atoms with Crippen molar-refractivity contribution in [1.29, 1.82) is 0 Å². The first kappa shape index (κ1) is 76.1. The van der Waals surface area contributed by atoms with Gasteiger partial charge in [0.1, 0.15) is 13.2 Å². The van der Waals surface area contributed by atoms with Gasteiger partial charge in [-0.1, -0.05) is 332 Å². The molecule has 0 saturated carbocycles. The number of carbonyl (C=O) groups excluding carboxylic acids is 3. The summed E-state index contributed by atoms with van der Waals surface area (Å²) in [7, 11) is 0. The minimum absolute atomic E-state index is 0.0705. The quantitative estimate of drug-likeness (QED) is 0.0261. The predicted octanol–water partition coefficient (Wildman–Crippen LogP) is 23.9. The Morgan fingerprint density at radius 2 is 0.519 bits per heavy atom. The summed E-state index contributed by atoms with van der Waals surface area (Å²) in [5.74, 6) is -0.857. The molecule has 0 aromatic heterocycles. The van der Waals surface area contributed by atoms with Crippen LogP contribution in [0.5, 0.6) is 0 Å². The van der Waals surface area contributed by atoms with Crippen molar-refractivity contribution >= 4 is 17.9 Å². The van der Waals surface area contributed by atoms with Crippen molar-refractivity contribution in [1.82, 2.24) is 0 Å². The fourth-order valence-electron chi connectivity index (χ4n) is 10.3. The Balaban J connectivity index is 4.06. The first-order valence-corrected chi connectivity index (χ1v) is 34.8. The number of unbranched alkanes of at least 4 members (excludes halogenated alkanes) is 43. The summed E-state index contributed by atoms with van der Waals surface area (Å²) in [6.07, 6.45) is 87.0. The maximum atomic E-state index is 12.9. The molecule has 6 nitrogen and oxygen atoms in total. The first-order valence-electron chi connectivity index (χ1n) is 34.8. The van der Waals surface area contributed by atoms with Crippen molar-refractivity contribution in [3.05, 3.63) is 60.8 Å². The zero-order chi connectivity index (χ0) is 57.1. The van der Waals surface area contributed by atoms with Crippen molar-refractivity contribution in [2.45, 2.75) is 374 Å². The highest BCUT2D eigenvalue weighted by Crippen LogP contribution is 2.18. The van der Waals surface area contributed by atoms with E-state index in [0.29, 0.717) is 19.3 Å². The molecular weight excluding hydrogens is 973 g/mol. The van der Waals surface area contributed by atoms with Gasteiger partial charge in [-0.25, -0.2) is 0 Å². The molecule has 0 aliphatic rings. The van der Waals surface area contributed by atoms with Crippen LogP contribution in [0, 0.1) is 0 Å². The van der Waals surface area contributed by atoms with E-state index in [1.54, 1.807) is 0 Å². The molecule has 0 aromatic rings. The van der Waals surface area contributed by atoms with Crippen LogP contribution in [0.1, 0.15) is 367 Å². The van der Waals surface area contributed by atoms with Crippen LogP contribution in [0.2, 0.25) is 0 Å². The summed E-state index contributed by atoms with van der Waals surface area (Å²) in [5.41, 5.74) is 0. The molecule has 6 heteroatoms. The van der Waals surface area contributed by atoms with Crippen LogP contribution < -0.4 is 0 Å². The topological polar surface area (TPSA) is 78.9 Å². The fourth-order valence-corrected chi connectivity index (χ4v) is 10.3. The number of esters is 3. The van der Waals surface area contributed by atoms with Crippen LogP contribution in [-0.2, 0) is 28.6 Å². The Hall–Kier alpha value is -2.89. The molecule has 0 aliphatic heterocycles. The lowest BCUT2D eigenvalue weighted by molar-refractivity contribution is -0.167. The Morgan fingerprint density at radius 1 is 0.266 bits per heavy atom. The van der Waals surface area contributed by atoms with E-state index in [2.05, 4.69) is 81.5 Å². The molecule has 0 bridgehead atoms. The second kappa shape index (κ2) is 67.6. The Morgan fingerprint density at radius 3 is 0.835 bits per heavy atom. The molecule has 0 aliphatic carbocycles. The van der Waals surface area contributed by atoms with Crippen molar-refractivity contribution in [3.8, 4) is 0 Å². The molecule has 0 rings (SSSR count). The van der Waals surface area contributed by atoms with Crippen LogP contribution in [0.4, 0.5) is 0 Å². The zero-order valence-corrected chi connectivity index (χ0v) is 52.9. The lowest BCUT2D eigenvalue weighted by Crippen LogP contribution is -2.30. The van der Waals surface area contributed by atoms with Gasteiger partial charge in [-0.3, -0.25) is 14.4 Å². The predicted molar refractivity (Wildman–Crippen MR) is 344 cm³/mol. The maximum Gasteiger partial charge on any atom is 0.306 e. The van der Waals surface area contributed by atoms with E-state index in [-0.39, 0.29) is 31.1 Å². The minimum atomic E-state index is -0.773. The standard InChI is InChI=1S/C73H132O6/c1-4-7-10-13-16-19-22-24-26-28-30-31-32-33-34-35-36-37-38-39-40-41-42-43-44-46-47-49-51-54-57-60-63-66-72(75)78-69-70(68-77-71(74)65-62-59-56-53-21-18-15-12-9-6-3)79-73(76)67-64-61-58-55-52-50-48-45-29-27-25-23-20-17-14-11-8-5-2/h7,10,12,15-16,19,24,26,30-31,70H,4-6,8-9,11,13-14,17-18,20-23,25,27-29,32-69H2,1-3H3/b10-7-,15-12-,19-16-,26-24-,31-30-. The molecule has 0 fully saturated rings. The summed E-state index contributed by atoms with van der Waals surface area (Å²) in [4.78, 5) is 38.3. The van der Waals surface area contributed by atoms with E-state index >= 15 is 0 Å². The molecule has 1 atom stereocenters. The van der Waals surface area contributed by atoms with E-state index in [4.69, 9.17) is 14.2 Å². The smallest absolute Gasteiger partial charge is 0.306 e. The number of ether oxygens (including phenoxy) is 3. The second-order valence-corrected chi connectivity index (χ2v) is 23.4. The van der Waals surface area contributed by atoms with Gasteiger partial charge in [-0.15, -0.1) is 0 Å². The number of hydrogen-bond acceptors (Lipinski definition) is 6. The average molecular weight is 1110 g/mol. The van der Waals surface area contributed by atoms with E-state index in [0.717, 1.165) is 96.3 Å². The molecule has 0 aromatic carbocycles. The Labute approximate surface area is 491 Å². The molecule has 0 saturated heterocycles. The van der Waals surface area contributed by atoms with E-state index in [1.165, 1.54) is 231 Å². The number of hydrogen-bond donors (Lipinski definition) is 0. The van der Waals surface area contributed by atoms with Gasteiger partial charge < -0.3 is 14.2 Å². The molecule has 460 valence electrons. The molecule has 0 radical (unpaired) electrons. The van der Waals surface area contributed by atoms with Gasteiger partial charge in [0.25, 0.3) is 0 Å². The van der Waals surface area contributed by atoms with Gasteiger partial charge in [0.2, 0.25) is 0 Å². The van der Waals surface area contributed by atoms with Crippen LogP contribution in [0.15, 0.2) is 60.8 Å². The summed E-state index contributed by atoms with van der Waals surface area (Å²) >= 11 is 0. The molecule has 79 heavy (non-hydrogen) atoms. The Bertz CT molecular complexity index is 1410. The monoisotopic (exact) mass is 1110 g/mol. The van der Waals surface area contributed by atoms with Gasteiger partial charge in [0, 0.05) is 19.3 Å². The summed E-state index contributed by atoms with van der Waals surface area (Å²) in [5, 5.41) is 0. The van der Waals surface area contributed by atoms with Gasteiger partial charge in [-0.2, -0.15) is 0 Å². The summed E-state index contributed by atoms with van der Waals surface area (Å²) in [6.45, 7) is 6.52. The lowest BCUT2D eigenvalue weighted by atomic mass is 10.0. The largest absolute Gasteiger partial charge is 0.462 e. The van der Waals surface area contributed by atoms with Gasteiger partial charge in [0.05, 0.1) is 0 Å². The molecule has 0 amide bonds. The van der Waals surface area contributed by atoms with E-state index in [1.807, 2.05) is 0 Å². The normalized spacial score (nSPS) is 12.4. The van der Waals surface area contributed by atoms with Gasteiger partial charge in [0.15, 0.2) is 6.10 Å². The maximum absolute atomic E-state index is 12.9. The highest BCUT2D eigenvalue weighted by Gasteiger charge is 2.19. The average Bonchev–Trinajstić information content (AvgIpc) is 3.45. The third kappa shape index (κ3) is 65.8. The molecular formula is C73H132O6. The molecule has 0 spiro atoms. The number of rotatable bonds is 64. The zero-order valence-electron chi connectivity index (χ0n) is 52.9. The number of allylic oxidation sites excluding steroid dienone is 10. The van der Waals surface area contributed by atoms with Crippen molar-refractivity contribution in [2.24, 2.45) is 0 Å². The third-order valence-electron chi connectivity index (χ3n) is 15.5. The second-order valence-electron chi connectivity index (χ2n) is 23.4. The SMILES string of the molecule is CC/C=C\C/C=C\C/C=C\C/C=C\CCCCCCCCCCCCCCCCCCCCCCC(=O)OCC(COC(=O)CCCCCCC/C=C\CCC)OC(=O)CCCCCCCCCCCCCCCCCCCC. The van der Waals surface area contributed by atoms with Crippen molar-refractivity contribution < 1.29 is 28.6 Å². The van der Waals surface area contributed by atoms with Crippen molar-refractivity contribution in [2.75, 3.05) is 13.2 Å². The van der Waals surface area contributed by atoms with Gasteiger partial charge in [-0.05, 0) is 77.0 Å². The molecule has 0 heterocycles. The molecule has 1 unspecified atom stereocenters. The highest BCUT2D eigenvalue weighted by molar-refractivity contribution is 5.71. The lowest BCUT2D eigenvalue weighted by Gasteiger charge is -2.18. The highest BCUT2D eigenvalue weighted by atomic mass is 16.6. The van der Waals surface area contributed by atoms with Crippen LogP contribution in [-0.4, -0.2) is 37.2 Å². The molecule has 0 N–H and O–H groups in total. The fraction of sp³-hybridized carbons (Fsp3) is 0.822. The minimum Gasteiger partial charge on any atom is -0.462 e. The van der Waals surface area contributed by atoms with Crippen LogP contribution >= 0.6 is 0 Å². The first-order chi connectivity index (χ1) is 39.0. The van der Waals surface area contributed by atoms with E-state index < -0.39 is 6.10 Å².